The zero-order valence-corrected chi connectivity index (χ0v) is 5.91. The van der Waals surface area contributed by atoms with Crippen LogP contribution in [0.25, 0.3) is 0 Å². The summed E-state index contributed by atoms with van der Waals surface area (Å²) < 4.78 is 0. The Morgan fingerprint density at radius 3 is 2.73 bits per heavy atom. The van der Waals surface area contributed by atoms with Crippen LogP contribution in [0.15, 0.2) is 29.4 Å². The Hall–Kier alpha value is -1.35. The summed E-state index contributed by atoms with van der Waals surface area (Å²) in [5.74, 6) is 0.870. The molecule has 1 aliphatic rings. The van der Waals surface area contributed by atoms with Crippen LogP contribution < -0.4 is 5.43 Å². The topological polar surface area (TPSA) is 54.5 Å². The quantitative estimate of drug-likeness (QED) is 0.639. The van der Waals surface area contributed by atoms with E-state index in [0.717, 1.165) is 17.0 Å². The molecule has 3 heteroatoms. The van der Waals surface area contributed by atoms with E-state index in [9.17, 15) is 0 Å². The Kier molecular flexibility index (Phi) is 1.36. The number of amidine groups is 1. The zero-order valence-electron chi connectivity index (χ0n) is 5.91. The van der Waals surface area contributed by atoms with Crippen LogP contribution in [0.4, 0.5) is 0 Å². The van der Waals surface area contributed by atoms with Crippen LogP contribution in [-0.4, -0.2) is 10.9 Å². The number of rotatable bonds is 2. The van der Waals surface area contributed by atoms with Gasteiger partial charge in [0.2, 0.25) is 0 Å². The minimum atomic E-state index is 0.0663. The van der Waals surface area contributed by atoms with Crippen molar-refractivity contribution >= 4 is 5.84 Å². The maximum Gasteiger partial charge on any atom is 0.174 e. The number of aliphatic hydroxyl groups is 1. The van der Waals surface area contributed by atoms with Gasteiger partial charge in [0.1, 0.15) is 0 Å². The smallest absolute Gasteiger partial charge is 0.174 e. The summed E-state index contributed by atoms with van der Waals surface area (Å²) in [5, 5.41) is 12.7. The second kappa shape index (κ2) is 2.36. The summed E-state index contributed by atoms with van der Waals surface area (Å²) in [4.78, 5) is 0. The molecule has 56 valence electrons. The highest BCUT2D eigenvalue weighted by Gasteiger charge is 2.14. The van der Waals surface area contributed by atoms with Gasteiger partial charge in [0, 0.05) is 5.56 Å². The zero-order chi connectivity index (χ0) is 7.68. The molecule has 0 aromatic heterocycles. The van der Waals surface area contributed by atoms with E-state index in [-0.39, 0.29) is 6.61 Å². The minimum Gasteiger partial charge on any atom is -0.392 e. The molecule has 0 fully saturated rings. The van der Waals surface area contributed by atoms with Gasteiger partial charge in [0.15, 0.2) is 5.84 Å². The lowest BCUT2D eigenvalue weighted by Crippen LogP contribution is -2.00. The van der Waals surface area contributed by atoms with Gasteiger partial charge in [-0.05, 0) is 5.56 Å². The molecule has 0 spiro atoms. The summed E-state index contributed by atoms with van der Waals surface area (Å²) >= 11 is 0. The van der Waals surface area contributed by atoms with Crippen molar-refractivity contribution < 1.29 is 5.11 Å². The molecule has 1 aromatic rings. The number of aliphatic hydroxyl groups excluding tert-OH is 1. The van der Waals surface area contributed by atoms with Crippen molar-refractivity contribution in [2.24, 2.45) is 5.10 Å². The van der Waals surface area contributed by atoms with E-state index >= 15 is 0 Å². The van der Waals surface area contributed by atoms with E-state index in [1.165, 1.54) is 0 Å². The molecule has 0 bridgehead atoms. The van der Waals surface area contributed by atoms with Crippen molar-refractivity contribution in [3.05, 3.63) is 35.4 Å². The average Bonchev–Trinajstić information content (AvgIpc) is 2.87. The first-order chi connectivity index (χ1) is 5.42. The van der Waals surface area contributed by atoms with E-state index in [0.29, 0.717) is 0 Å². The van der Waals surface area contributed by atoms with Crippen molar-refractivity contribution in [3.8, 4) is 0 Å². The average molecular weight is 148 g/mol. The Balaban J connectivity index is 2.43. The molecule has 0 saturated heterocycles. The van der Waals surface area contributed by atoms with Gasteiger partial charge in [0.05, 0.1) is 6.61 Å². The number of nitrogens with one attached hydrogen (secondary N) is 1. The number of hydrogen-bond donors (Lipinski definition) is 2. The van der Waals surface area contributed by atoms with Crippen LogP contribution in [-0.2, 0) is 6.61 Å². The fourth-order valence-electron chi connectivity index (χ4n) is 1.04. The molecule has 2 rings (SSSR count). The summed E-state index contributed by atoms with van der Waals surface area (Å²) in [6, 6.07) is 7.65. The Morgan fingerprint density at radius 2 is 2.09 bits per heavy atom. The lowest BCUT2D eigenvalue weighted by molar-refractivity contribution is 0.281. The van der Waals surface area contributed by atoms with E-state index in [1.54, 1.807) is 0 Å². The molecule has 1 heterocycles. The number of hydrogen-bond acceptors (Lipinski definition) is 3. The third-order valence-corrected chi connectivity index (χ3v) is 1.67. The highest BCUT2D eigenvalue weighted by atomic mass is 16.3. The molecule has 11 heavy (non-hydrogen) atoms. The monoisotopic (exact) mass is 148 g/mol. The van der Waals surface area contributed by atoms with E-state index in [1.807, 2.05) is 24.3 Å². The molecule has 0 saturated carbocycles. The molecule has 0 atom stereocenters. The van der Waals surface area contributed by atoms with Gasteiger partial charge >= 0.3 is 0 Å². The van der Waals surface area contributed by atoms with Crippen molar-refractivity contribution in [3.63, 3.8) is 0 Å². The highest BCUT2D eigenvalue weighted by Crippen LogP contribution is 2.12. The van der Waals surface area contributed by atoms with Crippen LogP contribution in [0.5, 0.6) is 0 Å². The first-order valence-electron chi connectivity index (χ1n) is 3.44. The van der Waals surface area contributed by atoms with Crippen molar-refractivity contribution in [2.45, 2.75) is 6.61 Å². The molecule has 0 aliphatic carbocycles. The van der Waals surface area contributed by atoms with Gasteiger partial charge in [-0.25, -0.2) is 0 Å². The predicted molar refractivity (Wildman–Crippen MR) is 42.0 cm³/mol. The second-order valence-electron chi connectivity index (χ2n) is 2.39. The lowest BCUT2D eigenvalue weighted by Gasteiger charge is -1.98. The van der Waals surface area contributed by atoms with Gasteiger partial charge in [-0.3, -0.25) is 5.43 Å². The standard InChI is InChI=1S/C8H8N2O/c11-5-6-3-1-2-4-7(6)8-9-10-8/h1-4,11H,5H2,(H,9,10). The number of nitrogens with zero attached hydrogens (tertiary/aromatic N) is 1. The molecule has 3 nitrogen and oxygen atoms in total. The van der Waals surface area contributed by atoms with E-state index in [4.69, 9.17) is 5.11 Å². The fourth-order valence-corrected chi connectivity index (χ4v) is 1.04. The van der Waals surface area contributed by atoms with Crippen molar-refractivity contribution in [1.82, 2.24) is 5.43 Å². The SMILES string of the molecule is OCc1ccccc1C1=NN1. The first kappa shape index (κ1) is 6.37. The summed E-state index contributed by atoms with van der Waals surface area (Å²) in [6.45, 7) is 0.0663. The molecule has 1 aliphatic heterocycles. The number of hydrazone groups is 1. The first-order valence-corrected chi connectivity index (χ1v) is 3.44. The molecule has 0 radical (unpaired) electrons. The van der Waals surface area contributed by atoms with E-state index in [2.05, 4.69) is 10.5 Å². The summed E-state index contributed by atoms with van der Waals surface area (Å²) in [6.07, 6.45) is 0. The third-order valence-electron chi connectivity index (χ3n) is 1.67. The molecule has 1 aromatic carbocycles. The van der Waals surface area contributed by atoms with Crippen LogP contribution in [0, 0.1) is 0 Å². The fraction of sp³-hybridized carbons (Fsp3) is 0.125. The molecule has 0 unspecified atom stereocenters. The van der Waals surface area contributed by atoms with Crippen molar-refractivity contribution in [2.75, 3.05) is 0 Å². The van der Waals surface area contributed by atoms with Gasteiger partial charge in [-0.2, -0.15) is 5.10 Å². The Morgan fingerprint density at radius 1 is 1.36 bits per heavy atom. The maximum atomic E-state index is 8.91. The Bertz CT molecular complexity index is 307. The van der Waals surface area contributed by atoms with Crippen LogP contribution in [0.2, 0.25) is 0 Å². The largest absolute Gasteiger partial charge is 0.392 e. The minimum absolute atomic E-state index is 0.0663. The third kappa shape index (κ3) is 1.10. The Labute approximate surface area is 64.4 Å². The number of benzene rings is 1. The molecular formula is C8H8N2O. The normalized spacial score (nSPS) is 13.7. The lowest BCUT2D eigenvalue weighted by atomic mass is 10.1. The maximum absolute atomic E-state index is 8.91. The van der Waals surface area contributed by atoms with E-state index < -0.39 is 0 Å². The highest BCUT2D eigenvalue weighted by molar-refractivity contribution is 6.06. The molecule has 0 amide bonds. The van der Waals surface area contributed by atoms with Gasteiger partial charge in [-0.1, -0.05) is 24.3 Å². The van der Waals surface area contributed by atoms with Gasteiger partial charge < -0.3 is 5.11 Å². The van der Waals surface area contributed by atoms with Crippen LogP contribution >= 0.6 is 0 Å². The van der Waals surface area contributed by atoms with Gasteiger partial charge in [0.25, 0.3) is 0 Å². The molecule has 2 N–H and O–H groups in total. The summed E-state index contributed by atoms with van der Waals surface area (Å²) in [5.41, 5.74) is 4.66. The predicted octanol–water partition coefficient (Wildman–Crippen LogP) is 0.444. The van der Waals surface area contributed by atoms with Crippen molar-refractivity contribution in [1.29, 1.82) is 0 Å². The second-order valence-corrected chi connectivity index (χ2v) is 2.39. The van der Waals surface area contributed by atoms with Gasteiger partial charge in [-0.15, -0.1) is 0 Å². The summed E-state index contributed by atoms with van der Waals surface area (Å²) in [7, 11) is 0. The van der Waals surface area contributed by atoms with Crippen LogP contribution in [0.3, 0.4) is 0 Å². The van der Waals surface area contributed by atoms with Crippen LogP contribution in [0.1, 0.15) is 11.1 Å². The molecular weight excluding hydrogens is 140 g/mol.